The Morgan fingerprint density at radius 3 is 2.40 bits per heavy atom. The lowest BCUT2D eigenvalue weighted by Gasteiger charge is -2.34. The molecular weight excluding hydrogens is 414 g/mol. The summed E-state index contributed by atoms with van der Waals surface area (Å²) in [5.41, 5.74) is 1.25. The Kier molecular flexibility index (Phi) is 6.56. The maximum Gasteiger partial charge on any atom is 0.409 e. The SMILES string of the molecule is CCOC(=O)N1CCN(c2ncnc(Oc3cc(C)c(Cl)c(C)c3)c2[N+](=O)[O-])CC1. The standard InChI is InChI=1S/C19H22ClN5O5/c1-4-29-19(26)24-7-5-23(6-8-24)17-16(25(27)28)18(22-11-21-17)30-14-9-12(2)15(20)13(3)10-14/h9-11H,4-8H2,1-3H3. The molecule has 30 heavy (non-hydrogen) atoms. The average molecular weight is 436 g/mol. The number of halogens is 1. The van der Waals surface area contributed by atoms with Gasteiger partial charge in [0.2, 0.25) is 5.82 Å². The second-order valence-corrected chi connectivity index (χ2v) is 7.13. The summed E-state index contributed by atoms with van der Waals surface area (Å²) < 4.78 is 10.8. The Balaban J connectivity index is 1.86. The molecule has 0 N–H and O–H groups in total. The van der Waals surface area contributed by atoms with Crippen LogP contribution in [-0.4, -0.2) is 58.7 Å². The third-order valence-corrected chi connectivity index (χ3v) is 5.28. The monoisotopic (exact) mass is 435 g/mol. The second-order valence-electron chi connectivity index (χ2n) is 6.75. The van der Waals surface area contributed by atoms with Crippen LogP contribution in [0.15, 0.2) is 18.5 Å². The summed E-state index contributed by atoms with van der Waals surface area (Å²) in [6.07, 6.45) is 0.831. The number of nitro groups is 1. The van der Waals surface area contributed by atoms with E-state index >= 15 is 0 Å². The minimum atomic E-state index is -0.558. The Morgan fingerprint density at radius 1 is 1.20 bits per heavy atom. The smallest absolute Gasteiger partial charge is 0.409 e. The molecule has 160 valence electrons. The molecule has 0 aliphatic carbocycles. The highest BCUT2D eigenvalue weighted by Crippen LogP contribution is 2.37. The van der Waals surface area contributed by atoms with Crippen LogP contribution in [0.1, 0.15) is 18.1 Å². The molecule has 3 rings (SSSR count). The van der Waals surface area contributed by atoms with Crippen molar-refractivity contribution in [2.75, 3.05) is 37.7 Å². The lowest BCUT2D eigenvalue weighted by Crippen LogP contribution is -2.49. The minimum Gasteiger partial charge on any atom is -0.450 e. The van der Waals surface area contributed by atoms with Gasteiger partial charge in [-0.05, 0) is 44.0 Å². The predicted octanol–water partition coefficient (Wildman–Crippen LogP) is 3.73. The average Bonchev–Trinajstić information content (AvgIpc) is 2.72. The van der Waals surface area contributed by atoms with Crippen LogP contribution in [-0.2, 0) is 4.74 Å². The molecule has 1 amide bonds. The van der Waals surface area contributed by atoms with Gasteiger partial charge in [-0.15, -0.1) is 0 Å². The quantitative estimate of drug-likeness (QED) is 0.516. The van der Waals surface area contributed by atoms with Crippen LogP contribution in [0.2, 0.25) is 5.02 Å². The Hall–Kier alpha value is -3.14. The number of aromatic nitrogens is 2. The number of carbonyl (C=O) groups is 1. The molecule has 1 saturated heterocycles. The molecule has 1 fully saturated rings. The zero-order valence-electron chi connectivity index (χ0n) is 16.9. The number of hydrogen-bond acceptors (Lipinski definition) is 8. The van der Waals surface area contributed by atoms with E-state index in [2.05, 4.69) is 9.97 Å². The molecule has 1 aliphatic rings. The van der Waals surface area contributed by atoms with Crippen LogP contribution in [0.25, 0.3) is 0 Å². The summed E-state index contributed by atoms with van der Waals surface area (Å²) in [6.45, 7) is 7.16. The van der Waals surface area contributed by atoms with Crippen LogP contribution in [0.3, 0.4) is 0 Å². The van der Waals surface area contributed by atoms with Crippen molar-refractivity contribution in [2.24, 2.45) is 0 Å². The maximum atomic E-state index is 11.9. The molecule has 0 unspecified atom stereocenters. The largest absolute Gasteiger partial charge is 0.450 e. The summed E-state index contributed by atoms with van der Waals surface area (Å²) in [7, 11) is 0. The van der Waals surface area contributed by atoms with Gasteiger partial charge < -0.3 is 19.3 Å². The predicted molar refractivity (Wildman–Crippen MR) is 110 cm³/mol. The molecule has 2 heterocycles. The molecule has 10 nitrogen and oxygen atoms in total. The molecule has 2 aromatic rings. The molecule has 0 spiro atoms. The highest BCUT2D eigenvalue weighted by Gasteiger charge is 2.32. The number of aryl methyl sites for hydroxylation is 2. The van der Waals surface area contributed by atoms with Crippen molar-refractivity contribution in [3.63, 3.8) is 0 Å². The number of carbonyl (C=O) groups excluding carboxylic acids is 1. The maximum absolute atomic E-state index is 11.9. The van der Waals surface area contributed by atoms with E-state index in [4.69, 9.17) is 21.1 Å². The fourth-order valence-corrected chi connectivity index (χ4v) is 3.32. The van der Waals surface area contributed by atoms with Crippen molar-refractivity contribution in [1.29, 1.82) is 0 Å². The van der Waals surface area contributed by atoms with E-state index in [9.17, 15) is 14.9 Å². The van der Waals surface area contributed by atoms with Gasteiger partial charge in [-0.25, -0.2) is 9.78 Å². The Morgan fingerprint density at radius 2 is 1.83 bits per heavy atom. The van der Waals surface area contributed by atoms with Gasteiger partial charge in [0, 0.05) is 31.2 Å². The molecule has 1 aromatic heterocycles. The lowest BCUT2D eigenvalue weighted by molar-refractivity contribution is -0.385. The van der Waals surface area contributed by atoms with Crippen LogP contribution in [0, 0.1) is 24.0 Å². The number of ether oxygens (including phenoxy) is 2. The Labute approximate surface area is 178 Å². The summed E-state index contributed by atoms with van der Waals surface area (Å²) in [5.74, 6) is 0.393. The van der Waals surface area contributed by atoms with Gasteiger partial charge in [0.25, 0.3) is 0 Å². The van der Waals surface area contributed by atoms with E-state index in [1.807, 2.05) is 13.8 Å². The van der Waals surface area contributed by atoms with Gasteiger partial charge in [0.1, 0.15) is 12.1 Å². The van der Waals surface area contributed by atoms with Crippen LogP contribution < -0.4 is 9.64 Å². The number of anilines is 1. The van der Waals surface area contributed by atoms with E-state index in [1.165, 1.54) is 6.33 Å². The number of piperazine rings is 1. The molecule has 0 bridgehead atoms. The zero-order chi connectivity index (χ0) is 21.8. The molecule has 0 saturated carbocycles. The molecule has 0 radical (unpaired) electrons. The van der Waals surface area contributed by atoms with Gasteiger partial charge >= 0.3 is 17.7 Å². The fraction of sp³-hybridized carbons (Fsp3) is 0.421. The normalized spacial score (nSPS) is 13.9. The molecular formula is C19H22ClN5O5. The first-order chi connectivity index (χ1) is 14.3. The highest BCUT2D eigenvalue weighted by molar-refractivity contribution is 6.32. The number of rotatable bonds is 5. The van der Waals surface area contributed by atoms with Crippen molar-refractivity contribution in [2.45, 2.75) is 20.8 Å². The number of amides is 1. The second kappa shape index (κ2) is 9.12. The summed E-state index contributed by atoms with van der Waals surface area (Å²) in [4.78, 5) is 34.5. The van der Waals surface area contributed by atoms with E-state index in [0.717, 1.165) is 11.1 Å². The van der Waals surface area contributed by atoms with Crippen LogP contribution in [0.4, 0.5) is 16.3 Å². The molecule has 1 aliphatic heterocycles. The molecule has 0 atom stereocenters. The van der Waals surface area contributed by atoms with Crippen molar-refractivity contribution < 1.29 is 19.2 Å². The number of nitrogens with zero attached hydrogens (tertiary/aromatic N) is 5. The van der Waals surface area contributed by atoms with Crippen molar-refractivity contribution >= 4 is 29.2 Å². The molecule has 11 heteroatoms. The topological polar surface area (TPSA) is 111 Å². The first kappa shape index (κ1) is 21.6. The van der Waals surface area contributed by atoms with E-state index in [0.29, 0.717) is 43.6 Å². The third-order valence-electron chi connectivity index (χ3n) is 4.68. The van der Waals surface area contributed by atoms with E-state index < -0.39 is 11.0 Å². The summed E-state index contributed by atoms with van der Waals surface area (Å²) in [5, 5.41) is 12.4. The summed E-state index contributed by atoms with van der Waals surface area (Å²) >= 11 is 6.18. The zero-order valence-corrected chi connectivity index (χ0v) is 17.7. The number of hydrogen-bond donors (Lipinski definition) is 0. The van der Waals surface area contributed by atoms with Crippen molar-refractivity contribution in [1.82, 2.24) is 14.9 Å². The number of benzene rings is 1. The van der Waals surface area contributed by atoms with Gasteiger partial charge in [0.15, 0.2) is 0 Å². The third kappa shape index (κ3) is 4.54. The van der Waals surface area contributed by atoms with Crippen molar-refractivity contribution in [3.05, 3.63) is 44.7 Å². The van der Waals surface area contributed by atoms with E-state index in [1.54, 1.807) is 28.9 Å². The van der Waals surface area contributed by atoms with E-state index in [-0.39, 0.29) is 17.4 Å². The molecule has 1 aromatic carbocycles. The van der Waals surface area contributed by atoms with Crippen LogP contribution >= 0.6 is 11.6 Å². The van der Waals surface area contributed by atoms with Gasteiger partial charge in [0.05, 0.1) is 11.5 Å². The van der Waals surface area contributed by atoms with Gasteiger partial charge in [-0.3, -0.25) is 10.1 Å². The minimum absolute atomic E-state index is 0.149. The first-order valence-corrected chi connectivity index (χ1v) is 9.80. The van der Waals surface area contributed by atoms with Crippen molar-refractivity contribution in [3.8, 4) is 11.6 Å². The van der Waals surface area contributed by atoms with Crippen LogP contribution in [0.5, 0.6) is 11.6 Å². The Bertz CT molecular complexity index is 939. The fourth-order valence-electron chi connectivity index (χ4n) is 3.21. The summed E-state index contributed by atoms with van der Waals surface area (Å²) in [6, 6.07) is 3.39. The van der Waals surface area contributed by atoms with Gasteiger partial charge in [-0.1, -0.05) is 11.6 Å². The first-order valence-electron chi connectivity index (χ1n) is 9.42. The highest BCUT2D eigenvalue weighted by atomic mass is 35.5. The van der Waals surface area contributed by atoms with Gasteiger partial charge in [-0.2, -0.15) is 4.98 Å². The lowest BCUT2D eigenvalue weighted by atomic mass is 10.1.